The molecule has 0 unspecified atom stereocenters. The van der Waals surface area contributed by atoms with Gasteiger partial charge in [-0.3, -0.25) is 0 Å². The van der Waals surface area contributed by atoms with Crippen LogP contribution in [0, 0.1) is 0 Å². The van der Waals surface area contributed by atoms with Crippen molar-refractivity contribution in [1.82, 2.24) is 0 Å². The van der Waals surface area contributed by atoms with Crippen molar-refractivity contribution >= 4 is 41.6 Å². The summed E-state index contributed by atoms with van der Waals surface area (Å²) in [6.07, 6.45) is 1.02. The fourth-order valence-electron chi connectivity index (χ4n) is 0.391. The molecule has 46 valence electrons. The zero-order valence-corrected chi connectivity index (χ0v) is 6.65. The van der Waals surface area contributed by atoms with Crippen LogP contribution >= 0.6 is 35.3 Å². The molecule has 1 aliphatic heterocycles. The molecule has 0 aliphatic carbocycles. The Morgan fingerprint density at radius 2 is 2.00 bits per heavy atom. The highest BCUT2D eigenvalue weighted by molar-refractivity contribution is 8.33. The van der Waals surface area contributed by atoms with Crippen LogP contribution in [0.2, 0.25) is 0 Å². The van der Waals surface area contributed by atoms with E-state index in [1.807, 2.05) is 11.8 Å². The minimum atomic E-state index is 0.219. The van der Waals surface area contributed by atoms with Crippen LogP contribution in [0.25, 0.3) is 0 Å². The van der Waals surface area contributed by atoms with Gasteiger partial charge in [-0.1, -0.05) is 0 Å². The Kier molecular flexibility index (Phi) is 3.15. The number of carbonyl (C=O) groups excluding carboxylic acids is 1. The van der Waals surface area contributed by atoms with E-state index in [0.717, 1.165) is 16.5 Å². The Labute approximate surface area is 61.4 Å². The molecule has 0 aromatic carbocycles. The third-order valence-corrected chi connectivity index (χ3v) is 4.86. The lowest BCUT2D eigenvalue weighted by Crippen LogP contribution is -2.03. The zero-order valence-electron chi connectivity index (χ0n) is 4.20. The van der Waals surface area contributed by atoms with Gasteiger partial charge < -0.3 is 4.79 Å². The molecule has 0 amide bonds. The van der Waals surface area contributed by atoms with Crippen LogP contribution in [0.4, 0.5) is 0 Å². The Morgan fingerprint density at radius 3 is 2.38 bits per heavy atom. The summed E-state index contributed by atoms with van der Waals surface area (Å²) in [4.78, 5) is 10.1. The van der Waals surface area contributed by atoms with Gasteiger partial charge in [0.25, 0.3) is 0 Å². The summed E-state index contributed by atoms with van der Waals surface area (Å²) < 4.78 is 0.219. The molecular formula is C4H6OS3. The number of hydrogen-bond donors (Lipinski definition) is 0. The number of hydrogen-bond acceptors (Lipinski definition) is 4. The van der Waals surface area contributed by atoms with Crippen molar-refractivity contribution < 1.29 is 4.79 Å². The van der Waals surface area contributed by atoms with Crippen LogP contribution in [-0.4, -0.2) is 21.0 Å². The maximum Gasteiger partial charge on any atom is 0.143 e. The molecule has 1 heterocycles. The highest BCUT2D eigenvalue weighted by atomic mass is 32.3. The van der Waals surface area contributed by atoms with E-state index in [4.69, 9.17) is 0 Å². The second kappa shape index (κ2) is 3.69. The summed E-state index contributed by atoms with van der Waals surface area (Å²) in [6.45, 7) is 0. The number of aldehydes is 1. The van der Waals surface area contributed by atoms with Crippen molar-refractivity contribution in [2.24, 2.45) is 0 Å². The quantitative estimate of drug-likeness (QED) is 0.550. The molecule has 1 saturated heterocycles. The molecule has 0 radical (unpaired) electrons. The largest absolute Gasteiger partial charge is 0.301 e. The van der Waals surface area contributed by atoms with Gasteiger partial charge in [0.05, 0.1) is 0 Å². The van der Waals surface area contributed by atoms with Gasteiger partial charge in [-0.2, -0.15) is 0 Å². The molecule has 4 heteroatoms. The van der Waals surface area contributed by atoms with E-state index in [-0.39, 0.29) is 4.58 Å². The lowest BCUT2D eigenvalue weighted by Gasteiger charge is -2.13. The van der Waals surface area contributed by atoms with Gasteiger partial charge in [-0.05, 0) is 0 Å². The first-order valence-corrected chi connectivity index (χ1v) is 5.45. The fourth-order valence-corrected chi connectivity index (χ4v) is 4.66. The fraction of sp³-hybridized carbons (Fsp3) is 0.750. The van der Waals surface area contributed by atoms with Crippen molar-refractivity contribution in [1.29, 1.82) is 0 Å². The summed E-state index contributed by atoms with van der Waals surface area (Å²) in [5.74, 6) is 0. The van der Waals surface area contributed by atoms with Crippen LogP contribution in [-0.2, 0) is 4.79 Å². The molecule has 0 bridgehead atoms. The van der Waals surface area contributed by atoms with Gasteiger partial charge in [0.2, 0.25) is 0 Å². The Hall–Kier alpha value is 0.720. The summed E-state index contributed by atoms with van der Waals surface area (Å²) in [7, 11) is 0. The first-order valence-electron chi connectivity index (χ1n) is 2.20. The molecule has 0 spiro atoms. The normalized spacial score (nSPS) is 23.0. The van der Waals surface area contributed by atoms with Crippen molar-refractivity contribution in [2.75, 3.05) is 10.2 Å². The van der Waals surface area contributed by atoms with Gasteiger partial charge in [0.15, 0.2) is 0 Å². The van der Waals surface area contributed by atoms with Gasteiger partial charge >= 0.3 is 0 Å². The minimum absolute atomic E-state index is 0.219. The third-order valence-electron chi connectivity index (χ3n) is 0.742. The average Bonchev–Trinajstić information content (AvgIpc) is 1.90. The first-order chi connectivity index (χ1) is 3.93. The van der Waals surface area contributed by atoms with E-state index in [1.54, 1.807) is 23.5 Å². The van der Waals surface area contributed by atoms with Crippen molar-refractivity contribution in [3.8, 4) is 0 Å². The summed E-state index contributed by atoms with van der Waals surface area (Å²) >= 11 is 5.32. The maximum absolute atomic E-state index is 10.1. The van der Waals surface area contributed by atoms with Crippen LogP contribution in [0.1, 0.15) is 0 Å². The Balaban J connectivity index is 2.22. The Morgan fingerprint density at radius 1 is 1.38 bits per heavy atom. The number of rotatable bonds is 1. The molecule has 1 aliphatic rings. The van der Waals surface area contributed by atoms with Crippen LogP contribution in [0.5, 0.6) is 0 Å². The minimum Gasteiger partial charge on any atom is -0.301 e. The van der Waals surface area contributed by atoms with E-state index < -0.39 is 0 Å². The predicted octanol–water partition coefficient (Wildman–Crippen LogP) is 1.64. The van der Waals surface area contributed by atoms with Gasteiger partial charge in [0.1, 0.15) is 10.9 Å². The van der Waals surface area contributed by atoms with E-state index >= 15 is 0 Å². The molecule has 0 atom stereocenters. The SMILES string of the molecule is O=CC1SCSCS1. The highest BCUT2D eigenvalue weighted by Crippen LogP contribution is 2.34. The monoisotopic (exact) mass is 166 g/mol. The molecule has 0 aromatic heterocycles. The first kappa shape index (κ1) is 6.83. The standard InChI is InChI=1S/C4H6OS3/c5-1-4-7-2-6-3-8-4/h1,4H,2-3H2. The molecule has 8 heavy (non-hydrogen) atoms. The topological polar surface area (TPSA) is 17.1 Å². The van der Waals surface area contributed by atoms with Gasteiger partial charge in [-0.15, -0.1) is 35.3 Å². The second-order valence-corrected chi connectivity index (χ2v) is 5.55. The molecule has 1 fully saturated rings. The molecule has 0 N–H and O–H groups in total. The number of carbonyl (C=O) groups is 1. The number of thioether (sulfide) groups is 3. The molecule has 0 saturated carbocycles. The van der Waals surface area contributed by atoms with E-state index in [9.17, 15) is 4.79 Å². The zero-order chi connectivity index (χ0) is 5.82. The van der Waals surface area contributed by atoms with Crippen LogP contribution in [0.15, 0.2) is 0 Å². The summed E-state index contributed by atoms with van der Waals surface area (Å²) in [5, 5.41) is 2.16. The maximum atomic E-state index is 10.1. The smallest absolute Gasteiger partial charge is 0.143 e. The highest BCUT2D eigenvalue weighted by Gasteiger charge is 2.11. The van der Waals surface area contributed by atoms with E-state index in [1.165, 1.54) is 0 Å². The molecular weight excluding hydrogens is 160 g/mol. The molecule has 1 rings (SSSR count). The lowest BCUT2D eigenvalue weighted by molar-refractivity contribution is -0.106. The molecule has 1 nitrogen and oxygen atoms in total. The van der Waals surface area contributed by atoms with Crippen LogP contribution < -0.4 is 0 Å². The van der Waals surface area contributed by atoms with E-state index in [2.05, 4.69) is 0 Å². The molecule has 0 aromatic rings. The van der Waals surface area contributed by atoms with Crippen molar-refractivity contribution in [3.63, 3.8) is 0 Å². The van der Waals surface area contributed by atoms with Crippen molar-refractivity contribution in [3.05, 3.63) is 0 Å². The summed E-state index contributed by atoms with van der Waals surface area (Å²) in [6, 6.07) is 0. The van der Waals surface area contributed by atoms with Gasteiger partial charge in [0, 0.05) is 10.2 Å². The Bertz CT molecular complexity index is 79.4. The lowest BCUT2D eigenvalue weighted by atomic mass is 10.9. The summed E-state index contributed by atoms with van der Waals surface area (Å²) in [5.41, 5.74) is 0. The van der Waals surface area contributed by atoms with Crippen molar-refractivity contribution in [2.45, 2.75) is 4.58 Å². The van der Waals surface area contributed by atoms with Crippen LogP contribution in [0.3, 0.4) is 0 Å². The average molecular weight is 166 g/mol. The predicted molar refractivity (Wildman–Crippen MR) is 42.4 cm³/mol. The second-order valence-electron chi connectivity index (χ2n) is 1.28. The third kappa shape index (κ3) is 1.91. The van der Waals surface area contributed by atoms with Gasteiger partial charge in [-0.25, -0.2) is 0 Å². The van der Waals surface area contributed by atoms with E-state index in [0.29, 0.717) is 0 Å².